The molecule has 1 aromatic heterocycles. The van der Waals surface area contributed by atoms with Gasteiger partial charge in [0.2, 0.25) is 5.88 Å². The minimum absolute atomic E-state index is 0.00359. The van der Waals surface area contributed by atoms with Crippen molar-refractivity contribution < 1.29 is 14.9 Å². The molecule has 0 spiro atoms. The number of nitrogens with zero attached hydrogens (tertiary/aromatic N) is 3. The van der Waals surface area contributed by atoms with Gasteiger partial charge < -0.3 is 20.4 Å². The number of methoxy groups -OCH3 is 1. The zero-order valence-corrected chi connectivity index (χ0v) is 14.0. The van der Waals surface area contributed by atoms with Crippen molar-refractivity contribution in [1.29, 1.82) is 0 Å². The molecule has 0 bridgehead atoms. The third kappa shape index (κ3) is 2.63. The van der Waals surface area contributed by atoms with E-state index in [1.165, 1.54) is 21.2 Å². The van der Waals surface area contributed by atoms with Crippen LogP contribution in [0.4, 0.5) is 0 Å². The van der Waals surface area contributed by atoms with Gasteiger partial charge >= 0.3 is 5.69 Å². The van der Waals surface area contributed by atoms with Crippen LogP contribution in [0, 0.1) is 0 Å². The summed E-state index contributed by atoms with van der Waals surface area (Å²) in [5.74, 6) is -0.0736. The zero-order chi connectivity index (χ0) is 18.3. The van der Waals surface area contributed by atoms with Crippen molar-refractivity contribution in [2.45, 2.75) is 12.5 Å². The first-order valence-electron chi connectivity index (χ1n) is 7.53. The molecule has 2 heterocycles. The lowest BCUT2D eigenvalue weighted by molar-refractivity contribution is 0.372. The largest absolute Gasteiger partial charge is 0.504 e. The minimum atomic E-state index is -0.616. The fraction of sp³-hybridized carbons (Fsp3) is 0.312. The van der Waals surface area contributed by atoms with Crippen LogP contribution in [0.3, 0.4) is 0 Å². The lowest BCUT2D eigenvalue weighted by Crippen LogP contribution is -2.39. The Kier molecular flexibility index (Phi) is 3.99. The second-order valence-corrected chi connectivity index (χ2v) is 5.78. The molecular formula is C16H18N4O5. The predicted molar refractivity (Wildman–Crippen MR) is 90.3 cm³/mol. The highest BCUT2D eigenvalue weighted by molar-refractivity contribution is 6.03. The van der Waals surface area contributed by atoms with Crippen LogP contribution in [0.25, 0.3) is 0 Å². The fourth-order valence-electron chi connectivity index (χ4n) is 2.80. The quantitative estimate of drug-likeness (QED) is 0.717. The first-order valence-corrected chi connectivity index (χ1v) is 7.53. The molecule has 0 saturated carbocycles. The standard InChI is InChI=1S/C16H18N4O5/c1-19-14(22)13(15(23)20(2)16(19)24)10-7-9(17-18-10)8-4-5-12(25-3)11(21)6-8/h4-6,9,17,21-22H,7H2,1-3H3. The van der Waals surface area contributed by atoms with Crippen molar-refractivity contribution in [3.63, 3.8) is 0 Å². The molecule has 132 valence electrons. The first kappa shape index (κ1) is 16.6. The summed E-state index contributed by atoms with van der Waals surface area (Å²) >= 11 is 0. The van der Waals surface area contributed by atoms with Gasteiger partial charge in [-0.1, -0.05) is 6.07 Å². The van der Waals surface area contributed by atoms with Gasteiger partial charge in [0.25, 0.3) is 5.56 Å². The summed E-state index contributed by atoms with van der Waals surface area (Å²) < 4.78 is 6.93. The monoisotopic (exact) mass is 346 g/mol. The van der Waals surface area contributed by atoms with E-state index in [1.807, 2.05) is 0 Å². The van der Waals surface area contributed by atoms with Crippen molar-refractivity contribution in [3.05, 3.63) is 50.2 Å². The van der Waals surface area contributed by atoms with Crippen LogP contribution in [0.1, 0.15) is 23.6 Å². The number of hydrogen-bond acceptors (Lipinski definition) is 7. The third-order valence-corrected chi connectivity index (χ3v) is 4.28. The topological polar surface area (TPSA) is 118 Å². The Labute approximate surface area is 142 Å². The number of nitrogens with one attached hydrogen (secondary N) is 1. The molecule has 3 N–H and O–H groups in total. The van der Waals surface area contributed by atoms with E-state index in [0.29, 0.717) is 17.9 Å². The van der Waals surface area contributed by atoms with E-state index in [2.05, 4.69) is 10.5 Å². The molecule has 3 rings (SSSR count). The average molecular weight is 346 g/mol. The molecular weight excluding hydrogens is 328 g/mol. The maximum atomic E-state index is 12.4. The van der Waals surface area contributed by atoms with Gasteiger partial charge in [-0.05, 0) is 17.7 Å². The average Bonchev–Trinajstić information content (AvgIpc) is 3.08. The number of rotatable bonds is 3. The van der Waals surface area contributed by atoms with Gasteiger partial charge in [-0.25, -0.2) is 4.79 Å². The molecule has 9 nitrogen and oxygen atoms in total. The van der Waals surface area contributed by atoms with Crippen molar-refractivity contribution in [2.24, 2.45) is 19.2 Å². The number of benzene rings is 1. The van der Waals surface area contributed by atoms with E-state index < -0.39 is 17.1 Å². The molecule has 0 radical (unpaired) electrons. The number of aromatic nitrogens is 2. The molecule has 1 aliphatic rings. The van der Waals surface area contributed by atoms with Crippen molar-refractivity contribution in [3.8, 4) is 17.4 Å². The van der Waals surface area contributed by atoms with Crippen LogP contribution in [0.5, 0.6) is 17.4 Å². The van der Waals surface area contributed by atoms with Gasteiger partial charge in [0.05, 0.1) is 18.9 Å². The molecule has 1 atom stereocenters. The van der Waals surface area contributed by atoms with Gasteiger partial charge in [0, 0.05) is 20.5 Å². The molecule has 1 aliphatic heterocycles. The van der Waals surface area contributed by atoms with E-state index in [0.717, 1.165) is 14.7 Å². The molecule has 0 saturated heterocycles. The second kappa shape index (κ2) is 6.00. The number of phenolic OH excluding ortho intramolecular Hbond substituents is 1. The SMILES string of the molecule is COc1ccc(C2CC(c3c(O)n(C)c(=O)n(C)c3=O)=NN2)cc1O. The highest BCUT2D eigenvalue weighted by atomic mass is 16.5. The number of ether oxygens (including phenoxy) is 1. The fourth-order valence-corrected chi connectivity index (χ4v) is 2.80. The van der Waals surface area contributed by atoms with Crippen LogP contribution >= 0.6 is 0 Å². The van der Waals surface area contributed by atoms with Crippen LogP contribution in [0.2, 0.25) is 0 Å². The highest BCUT2D eigenvalue weighted by Gasteiger charge is 2.28. The number of hydrazone groups is 1. The summed E-state index contributed by atoms with van der Waals surface area (Å²) in [5, 5.41) is 24.2. The summed E-state index contributed by atoms with van der Waals surface area (Å²) in [5.41, 5.74) is 2.73. The van der Waals surface area contributed by atoms with E-state index in [4.69, 9.17) is 4.74 Å². The van der Waals surface area contributed by atoms with Crippen LogP contribution < -0.4 is 21.4 Å². The summed E-state index contributed by atoms with van der Waals surface area (Å²) in [6.45, 7) is 0. The molecule has 1 aromatic carbocycles. The van der Waals surface area contributed by atoms with Crippen LogP contribution in [-0.4, -0.2) is 32.2 Å². The Morgan fingerprint density at radius 3 is 2.60 bits per heavy atom. The maximum Gasteiger partial charge on any atom is 0.333 e. The molecule has 0 fully saturated rings. The Balaban J connectivity index is 1.95. The molecule has 0 aliphatic carbocycles. The molecule has 0 amide bonds. The van der Waals surface area contributed by atoms with E-state index in [-0.39, 0.29) is 17.4 Å². The maximum absolute atomic E-state index is 12.4. The first-order chi connectivity index (χ1) is 11.8. The van der Waals surface area contributed by atoms with Crippen LogP contribution in [-0.2, 0) is 14.1 Å². The summed E-state index contributed by atoms with van der Waals surface area (Å²) in [7, 11) is 4.18. The molecule has 2 aromatic rings. The second-order valence-electron chi connectivity index (χ2n) is 5.78. The number of aromatic hydroxyl groups is 2. The lowest BCUT2D eigenvalue weighted by Gasteiger charge is -2.13. The summed E-state index contributed by atoms with van der Waals surface area (Å²) in [6, 6.07) is 4.67. The Hall–Kier alpha value is -3.23. The van der Waals surface area contributed by atoms with Gasteiger partial charge in [0.1, 0.15) is 5.56 Å². The number of phenols is 1. The Morgan fingerprint density at radius 1 is 1.24 bits per heavy atom. The van der Waals surface area contributed by atoms with Gasteiger partial charge in [-0.2, -0.15) is 5.10 Å². The van der Waals surface area contributed by atoms with Gasteiger partial charge in [0.15, 0.2) is 11.5 Å². The molecule has 25 heavy (non-hydrogen) atoms. The molecule has 9 heteroatoms. The van der Waals surface area contributed by atoms with Crippen molar-refractivity contribution >= 4 is 5.71 Å². The van der Waals surface area contributed by atoms with Gasteiger partial charge in [-0.3, -0.25) is 13.9 Å². The van der Waals surface area contributed by atoms with Crippen LogP contribution in [0.15, 0.2) is 32.9 Å². The number of hydrogen-bond donors (Lipinski definition) is 3. The Morgan fingerprint density at radius 2 is 1.96 bits per heavy atom. The summed E-state index contributed by atoms with van der Waals surface area (Å²) in [4.78, 5) is 24.2. The summed E-state index contributed by atoms with van der Waals surface area (Å²) in [6.07, 6.45) is 0.312. The molecule has 1 unspecified atom stereocenters. The van der Waals surface area contributed by atoms with Gasteiger partial charge in [-0.15, -0.1) is 0 Å². The van der Waals surface area contributed by atoms with Crippen molar-refractivity contribution in [2.75, 3.05) is 7.11 Å². The van der Waals surface area contributed by atoms with E-state index in [9.17, 15) is 19.8 Å². The highest BCUT2D eigenvalue weighted by Crippen LogP contribution is 2.32. The normalized spacial score (nSPS) is 16.4. The van der Waals surface area contributed by atoms with E-state index >= 15 is 0 Å². The van der Waals surface area contributed by atoms with Crippen molar-refractivity contribution in [1.82, 2.24) is 14.6 Å². The smallest absolute Gasteiger partial charge is 0.333 e. The Bertz CT molecular complexity index is 989. The zero-order valence-electron chi connectivity index (χ0n) is 14.0. The lowest BCUT2D eigenvalue weighted by atomic mass is 9.99. The third-order valence-electron chi connectivity index (χ3n) is 4.28. The minimum Gasteiger partial charge on any atom is -0.504 e. The van der Waals surface area contributed by atoms with E-state index in [1.54, 1.807) is 18.2 Å². The predicted octanol–water partition coefficient (Wildman–Crippen LogP) is -0.0575.